The van der Waals surface area contributed by atoms with Gasteiger partial charge in [0.25, 0.3) is 0 Å². The Labute approximate surface area is 118 Å². The normalized spacial score (nSPS) is 36.9. The van der Waals surface area contributed by atoms with Crippen molar-refractivity contribution in [3.8, 4) is 0 Å². The molecule has 2 heterocycles. The van der Waals surface area contributed by atoms with Gasteiger partial charge in [0, 0.05) is 11.6 Å². The highest BCUT2D eigenvalue weighted by molar-refractivity contribution is 5.76. The van der Waals surface area contributed by atoms with Gasteiger partial charge in [0.1, 0.15) is 11.7 Å². The van der Waals surface area contributed by atoms with Crippen molar-refractivity contribution in [2.75, 3.05) is 0 Å². The number of hydrogen-bond acceptors (Lipinski definition) is 3. The monoisotopic (exact) mass is 278 g/mol. The molecule has 2 N–H and O–H groups in total. The van der Waals surface area contributed by atoms with Crippen LogP contribution in [0.4, 0.5) is 0 Å². The second-order valence-electron chi connectivity index (χ2n) is 6.20. The lowest BCUT2D eigenvalue weighted by atomic mass is 9.89. The smallest absolute Gasteiger partial charge is 0.312 e. The number of carboxylic acids is 1. The van der Waals surface area contributed by atoms with Crippen molar-refractivity contribution in [2.45, 2.75) is 64.1 Å². The summed E-state index contributed by atoms with van der Waals surface area (Å²) >= 11 is 0. The van der Waals surface area contributed by atoms with E-state index in [-0.39, 0.29) is 18.1 Å². The molecule has 0 saturated carbocycles. The predicted octanol–water partition coefficient (Wildman–Crippen LogP) is 2.44. The molecule has 1 aromatic heterocycles. The van der Waals surface area contributed by atoms with E-state index >= 15 is 0 Å². The first kappa shape index (κ1) is 13.6. The second-order valence-corrected chi connectivity index (χ2v) is 6.20. The predicted molar refractivity (Wildman–Crippen MR) is 73.8 cm³/mol. The third-order valence-corrected chi connectivity index (χ3v) is 4.93. The number of aryl methyl sites for hydroxylation is 1. The van der Waals surface area contributed by atoms with Crippen LogP contribution in [-0.2, 0) is 16.0 Å². The van der Waals surface area contributed by atoms with Crippen LogP contribution in [0.3, 0.4) is 0 Å². The molecule has 0 radical (unpaired) electrons. The van der Waals surface area contributed by atoms with Gasteiger partial charge in [-0.3, -0.25) is 4.79 Å². The van der Waals surface area contributed by atoms with E-state index in [1.54, 1.807) is 0 Å². The molecule has 5 unspecified atom stereocenters. The van der Waals surface area contributed by atoms with E-state index in [0.29, 0.717) is 12.3 Å². The van der Waals surface area contributed by atoms with Gasteiger partial charge in [0.05, 0.1) is 17.9 Å². The van der Waals surface area contributed by atoms with E-state index in [4.69, 9.17) is 4.74 Å². The summed E-state index contributed by atoms with van der Waals surface area (Å²) in [4.78, 5) is 19.4. The van der Waals surface area contributed by atoms with E-state index in [0.717, 1.165) is 30.1 Å². The van der Waals surface area contributed by atoms with Gasteiger partial charge >= 0.3 is 5.97 Å². The van der Waals surface area contributed by atoms with Crippen molar-refractivity contribution < 1.29 is 14.6 Å². The maximum Gasteiger partial charge on any atom is 0.312 e. The van der Waals surface area contributed by atoms with Gasteiger partial charge in [-0.2, -0.15) is 0 Å². The van der Waals surface area contributed by atoms with Crippen molar-refractivity contribution >= 4 is 5.97 Å². The Bertz CT molecular complexity index is 525. The Hall–Kier alpha value is -1.36. The minimum Gasteiger partial charge on any atom is -0.481 e. The van der Waals surface area contributed by atoms with Crippen molar-refractivity contribution in [1.29, 1.82) is 0 Å². The van der Waals surface area contributed by atoms with E-state index in [2.05, 4.69) is 30.7 Å². The SMILES string of the molecule is CC1OC(C)C(c2nc3c([nH]2)CCCC3C(=O)O)C1C. The molecule has 1 fully saturated rings. The number of aliphatic carboxylic acids is 1. The quantitative estimate of drug-likeness (QED) is 0.871. The molecule has 2 aliphatic rings. The Balaban J connectivity index is 1.95. The molecule has 1 aliphatic heterocycles. The molecule has 0 aromatic carbocycles. The van der Waals surface area contributed by atoms with E-state index in [1.807, 2.05) is 0 Å². The van der Waals surface area contributed by atoms with Crippen LogP contribution >= 0.6 is 0 Å². The summed E-state index contributed by atoms with van der Waals surface area (Å²) in [6.45, 7) is 6.33. The highest BCUT2D eigenvalue weighted by Gasteiger charge is 2.41. The largest absolute Gasteiger partial charge is 0.481 e. The van der Waals surface area contributed by atoms with Crippen LogP contribution in [0, 0.1) is 5.92 Å². The molecule has 5 heteroatoms. The maximum atomic E-state index is 11.3. The van der Waals surface area contributed by atoms with Gasteiger partial charge in [0.15, 0.2) is 0 Å². The lowest BCUT2D eigenvalue weighted by Crippen LogP contribution is -2.18. The number of rotatable bonds is 2. The van der Waals surface area contributed by atoms with Crippen LogP contribution in [0.15, 0.2) is 0 Å². The van der Waals surface area contributed by atoms with Gasteiger partial charge < -0.3 is 14.8 Å². The lowest BCUT2D eigenvalue weighted by Gasteiger charge is -2.16. The number of H-pyrrole nitrogens is 1. The molecular formula is C15H22N2O3. The summed E-state index contributed by atoms with van der Waals surface area (Å²) in [5, 5.41) is 9.33. The number of carboxylic acid groups (broad SMARTS) is 1. The van der Waals surface area contributed by atoms with Crippen LogP contribution in [0.25, 0.3) is 0 Å². The lowest BCUT2D eigenvalue weighted by molar-refractivity contribution is -0.139. The van der Waals surface area contributed by atoms with Crippen molar-refractivity contribution in [3.63, 3.8) is 0 Å². The Morgan fingerprint density at radius 3 is 2.70 bits per heavy atom. The third-order valence-electron chi connectivity index (χ3n) is 4.93. The summed E-state index contributed by atoms with van der Waals surface area (Å²) < 4.78 is 5.87. The van der Waals surface area contributed by atoms with Crippen LogP contribution in [-0.4, -0.2) is 33.3 Å². The van der Waals surface area contributed by atoms with Gasteiger partial charge in [-0.05, 0) is 39.0 Å². The van der Waals surface area contributed by atoms with Gasteiger partial charge in [-0.1, -0.05) is 6.92 Å². The molecular weight excluding hydrogens is 256 g/mol. The number of nitrogens with zero attached hydrogens (tertiary/aromatic N) is 1. The number of nitrogens with one attached hydrogen (secondary N) is 1. The topological polar surface area (TPSA) is 75.2 Å². The number of aromatic amines is 1. The summed E-state index contributed by atoms with van der Waals surface area (Å²) in [6, 6.07) is 0. The van der Waals surface area contributed by atoms with Crippen molar-refractivity contribution in [2.24, 2.45) is 5.92 Å². The number of fused-ring (bicyclic) bond motifs is 1. The minimum atomic E-state index is -0.763. The molecule has 1 saturated heterocycles. The zero-order valence-corrected chi connectivity index (χ0v) is 12.2. The third kappa shape index (κ3) is 2.04. The first-order valence-electron chi connectivity index (χ1n) is 7.46. The van der Waals surface area contributed by atoms with E-state index in [9.17, 15) is 9.90 Å². The first-order chi connectivity index (χ1) is 9.49. The first-order valence-corrected chi connectivity index (χ1v) is 7.46. The zero-order valence-electron chi connectivity index (χ0n) is 12.2. The molecule has 5 nitrogen and oxygen atoms in total. The highest BCUT2D eigenvalue weighted by Crippen LogP contribution is 2.40. The Kier molecular flexibility index (Phi) is 3.32. The minimum absolute atomic E-state index is 0.121. The molecule has 20 heavy (non-hydrogen) atoms. The number of aromatic nitrogens is 2. The average molecular weight is 278 g/mol. The van der Waals surface area contributed by atoms with Gasteiger partial charge in [-0.15, -0.1) is 0 Å². The second kappa shape index (κ2) is 4.88. The molecule has 1 aliphatic carbocycles. The summed E-state index contributed by atoms with van der Waals surface area (Å²) in [5.41, 5.74) is 1.76. The number of hydrogen-bond donors (Lipinski definition) is 2. The van der Waals surface area contributed by atoms with Crippen LogP contribution < -0.4 is 0 Å². The fraction of sp³-hybridized carbons (Fsp3) is 0.733. The van der Waals surface area contributed by atoms with Crippen LogP contribution in [0.1, 0.15) is 62.7 Å². The van der Waals surface area contributed by atoms with Crippen LogP contribution in [0.5, 0.6) is 0 Å². The maximum absolute atomic E-state index is 11.3. The van der Waals surface area contributed by atoms with E-state index in [1.165, 1.54) is 0 Å². The van der Waals surface area contributed by atoms with Crippen molar-refractivity contribution in [1.82, 2.24) is 9.97 Å². The highest BCUT2D eigenvalue weighted by atomic mass is 16.5. The van der Waals surface area contributed by atoms with Crippen molar-refractivity contribution in [3.05, 3.63) is 17.2 Å². The van der Waals surface area contributed by atoms with E-state index < -0.39 is 11.9 Å². The Morgan fingerprint density at radius 1 is 1.35 bits per heavy atom. The fourth-order valence-corrected chi connectivity index (χ4v) is 3.68. The molecule has 5 atom stereocenters. The molecule has 1 aromatic rings. The van der Waals surface area contributed by atoms with Gasteiger partial charge in [-0.25, -0.2) is 4.98 Å². The molecule has 0 amide bonds. The molecule has 3 rings (SSSR count). The standard InChI is InChI=1S/C15H22N2O3/c1-7-8(2)20-9(3)12(7)14-16-11-6-4-5-10(15(18)19)13(11)17-14/h7-10,12H,4-6H2,1-3H3,(H,16,17)(H,18,19). The Morgan fingerprint density at radius 2 is 2.10 bits per heavy atom. The number of imidazole rings is 1. The molecule has 0 bridgehead atoms. The molecule has 0 spiro atoms. The number of ether oxygens (including phenoxy) is 1. The summed E-state index contributed by atoms with van der Waals surface area (Å²) in [6.07, 6.45) is 2.84. The average Bonchev–Trinajstić information content (AvgIpc) is 2.90. The van der Waals surface area contributed by atoms with Gasteiger partial charge in [0.2, 0.25) is 0 Å². The summed E-state index contributed by atoms with van der Waals surface area (Å²) in [7, 11) is 0. The molecule has 110 valence electrons. The fourth-order valence-electron chi connectivity index (χ4n) is 3.68. The van der Waals surface area contributed by atoms with Crippen LogP contribution in [0.2, 0.25) is 0 Å². The summed E-state index contributed by atoms with van der Waals surface area (Å²) in [5.74, 6) is 0.314. The number of carbonyl (C=O) groups is 1. The zero-order chi connectivity index (χ0) is 14.4.